The molecule has 4 aliphatic rings. The van der Waals surface area contributed by atoms with Gasteiger partial charge in [-0.15, -0.1) is 23.5 Å². The number of thioether (sulfide) groups is 2. The van der Waals surface area contributed by atoms with Gasteiger partial charge in [-0.2, -0.15) is 26.3 Å². The summed E-state index contributed by atoms with van der Waals surface area (Å²) in [5.41, 5.74) is -4.44. The Kier molecular flexibility index (Phi) is 2.67. The Bertz CT molecular complexity index is 698. The van der Waals surface area contributed by atoms with Crippen LogP contribution in [0.15, 0.2) is 43.9 Å². The van der Waals surface area contributed by atoms with Gasteiger partial charge < -0.3 is 0 Å². The van der Waals surface area contributed by atoms with Crippen molar-refractivity contribution in [2.24, 2.45) is 10.8 Å². The Labute approximate surface area is 136 Å². The van der Waals surface area contributed by atoms with E-state index >= 15 is 0 Å². The second-order valence-electron chi connectivity index (χ2n) is 6.38. The smallest absolute Gasteiger partial charge is 0.194 e. The molecule has 23 heavy (non-hydrogen) atoms. The van der Waals surface area contributed by atoms with Gasteiger partial charge in [-0.1, -0.05) is 26.0 Å². The van der Waals surface area contributed by atoms with Crippen LogP contribution >= 0.6 is 23.5 Å². The lowest BCUT2D eigenvalue weighted by atomic mass is 9.60. The predicted octanol–water partition coefficient (Wildman–Crippen LogP) is 5.96. The lowest BCUT2D eigenvalue weighted by molar-refractivity contribution is -0.258. The molecule has 8 heteroatoms. The number of halogens is 6. The lowest BCUT2D eigenvalue weighted by Crippen LogP contribution is -2.47. The van der Waals surface area contributed by atoms with E-state index in [1.807, 2.05) is 0 Å². The SMILES string of the molecule is CC12C=CSC1=C1C(=C3SC=CC32C)C(F)(F)C(F)(F)C1(F)F. The van der Waals surface area contributed by atoms with Crippen LogP contribution in [-0.4, -0.2) is 17.8 Å². The van der Waals surface area contributed by atoms with Gasteiger partial charge >= 0.3 is 17.8 Å². The molecule has 0 spiro atoms. The van der Waals surface area contributed by atoms with Gasteiger partial charge in [0.1, 0.15) is 0 Å². The van der Waals surface area contributed by atoms with E-state index in [0.717, 1.165) is 23.5 Å². The second kappa shape index (κ2) is 3.90. The van der Waals surface area contributed by atoms with E-state index in [0.29, 0.717) is 0 Å². The molecule has 0 bridgehead atoms. The fraction of sp³-hybridized carbons (Fsp3) is 0.467. The summed E-state index contributed by atoms with van der Waals surface area (Å²) in [6.45, 7) is 3.26. The van der Waals surface area contributed by atoms with E-state index in [1.54, 1.807) is 26.0 Å². The maximum Gasteiger partial charge on any atom is 0.380 e. The number of allylic oxidation sites excluding steroid dienone is 6. The van der Waals surface area contributed by atoms with E-state index in [4.69, 9.17) is 0 Å². The molecule has 2 heterocycles. The average Bonchev–Trinajstić information content (AvgIpc) is 3.02. The van der Waals surface area contributed by atoms with Crippen LogP contribution in [0.1, 0.15) is 13.8 Å². The van der Waals surface area contributed by atoms with Crippen molar-refractivity contribution in [2.75, 3.05) is 0 Å². The summed E-state index contributed by atoms with van der Waals surface area (Å²) < 4.78 is 85.3. The summed E-state index contributed by atoms with van der Waals surface area (Å²) in [4.78, 5) is -0.208. The summed E-state index contributed by atoms with van der Waals surface area (Å²) >= 11 is 1.66. The van der Waals surface area contributed by atoms with Gasteiger partial charge in [0, 0.05) is 31.8 Å². The molecule has 0 saturated heterocycles. The highest BCUT2D eigenvalue weighted by Gasteiger charge is 2.84. The van der Waals surface area contributed by atoms with Crippen LogP contribution in [0, 0.1) is 10.8 Å². The fourth-order valence-electron chi connectivity index (χ4n) is 3.66. The third-order valence-corrected chi connectivity index (χ3v) is 7.59. The topological polar surface area (TPSA) is 0 Å². The first-order chi connectivity index (χ1) is 10.4. The van der Waals surface area contributed by atoms with Gasteiger partial charge in [-0.3, -0.25) is 0 Å². The monoisotopic (exact) mass is 368 g/mol. The molecule has 1 saturated carbocycles. The van der Waals surface area contributed by atoms with Crippen LogP contribution < -0.4 is 0 Å². The highest BCUT2D eigenvalue weighted by atomic mass is 32.2. The molecule has 2 unspecified atom stereocenters. The normalized spacial score (nSPS) is 41.4. The van der Waals surface area contributed by atoms with Gasteiger partial charge in [0.2, 0.25) is 0 Å². The van der Waals surface area contributed by atoms with Gasteiger partial charge in [0.05, 0.1) is 0 Å². The molecule has 0 aromatic heterocycles. The first-order valence-corrected chi connectivity index (χ1v) is 8.52. The number of alkyl halides is 6. The largest absolute Gasteiger partial charge is 0.380 e. The zero-order chi connectivity index (χ0) is 17.1. The van der Waals surface area contributed by atoms with Gasteiger partial charge in [0.15, 0.2) is 0 Å². The minimum Gasteiger partial charge on any atom is -0.194 e. The average molecular weight is 368 g/mol. The zero-order valence-corrected chi connectivity index (χ0v) is 13.5. The van der Waals surface area contributed by atoms with Crippen molar-refractivity contribution in [1.82, 2.24) is 0 Å². The van der Waals surface area contributed by atoms with Crippen molar-refractivity contribution in [3.05, 3.63) is 43.9 Å². The van der Waals surface area contributed by atoms with E-state index in [-0.39, 0.29) is 9.81 Å². The van der Waals surface area contributed by atoms with E-state index in [9.17, 15) is 26.3 Å². The predicted molar refractivity (Wildman–Crippen MR) is 78.6 cm³/mol. The number of rotatable bonds is 0. The maximum atomic E-state index is 14.4. The number of fused-ring (bicyclic) bond motifs is 4. The molecule has 0 N–H and O–H groups in total. The van der Waals surface area contributed by atoms with Crippen LogP contribution in [0.2, 0.25) is 0 Å². The van der Waals surface area contributed by atoms with Crippen molar-refractivity contribution in [1.29, 1.82) is 0 Å². The van der Waals surface area contributed by atoms with Crippen LogP contribution in [0.5, 0.6) is 0 Å². The summed E-state index contributed by atoms with van der Waals surface area (Å²) in [5, 5.41) is 3.02. The third-order valence-electron chi connectivity index (χ3n) is 5.32. The highest BCUT2D eigenvalue weighted by molar-refractivity contribution is 8.06. The van der Waals surface area contributed by atoms with E-state index in [1.165, 1.54) is 10.8 Å². The maximum absolute atomic E-state index is 14.4. The first-order valence-electron chi connectivity index (χ1n) is 6.76. The molecule has 124 valence electrons. The first kappa shape index (κ1) is 15.7. The Balaban J connectivity index is 2.17. The standard InChI is InChI=1S/C15H10F6S2/c1-11-3-5-22-9(11)7-8(10-12(11,2)4-6-23-10)14(18,19)15(20,21)13(7,16)17/h3-6H,1-2H3. The van der Waals surface area contributed by atoms with Crippen molar-refractivity contribution in [2.45, 2.75) is 31.6 Å². The van der Waals surface area contributed by atoms with Crippen molar-refractivity contribution >= 4 is 23.5 Å². The molecule has 0 aromatic rings. The molecule has 0 radical (unpaired) electrons. The fourth-order valence-corrected chi connectivity index (χ4v) is 6.36. The molecule has 2 atom stereocenters. The number of hydrogen-bond acceptors (Lipinski definition) is 2. The Morgan fingerprint density at radius 3 is 1.39 bits per heavy atom. The summed E-state index contributed by atoms with van der Waals surface area (Å²) in [6, 6.07) is 0. The molecular formula is C15H10F6S2. The molecule has 0 aromatic carbocycles. The minimum absolute atomic E-state index is 0.104. The summed E-state index contributed by atoms with van der Waals surface area (Å²) in [7, 11) is 0. The molecular weight excluding hydrogens is 358 g/mol. The molecule has 4 rings (SSSR count). The Morgan fingerprint density at radius 2 is 1.04 bits per heavy atom. The van der Waals surface area contributed by atoms with Crippen molar-refractivity contribution in [3.63, 3.8) is 0 Å². The van der Waals surface area contributed by atoms with Crippen LogP contribution in [0.25, 0.3) is 0 Å². The van der Waals surface area contributed by atoms with Crippen molar-refractivity contribution < 1.29 is 26.3 Å². The minimum atomic E-state index is -5.44. The zero-order valence-electron chi connectivity index (χ0n) is 11.9. The van der Waals surface area contributed by atoms with E-state index in [2.05, 4.69) is 0 Å². The Morgan fingerprint density at radius 1 is 0.696 bits per heavy atom. The van der Waals surface area contributed by atoms with Crippen LogP contribution in [0.4, 0.5) is 26.3 Å². The molecule has 0 amide bonds. The van der Waals surface area contributed by atoms with Gasteiger partial charge in [-0.25, -0.2) is 0 Å². The highest BCUT2D eigenvalue weighted by Crippen LogP contribution is 2.75. The third kappa shape index (κ3) is 1.35. The molecule has 2 aliphatic carbocycles. The molecule has 2 aliphatic heterocycles. The van der Waals surface area contributed by atoms with E-state index < -0.39 is 39.7 Å². The lowest BCUT2D eigenvalue weighted by Gasteiger charge is -2.45. The number of hydrogen-bond donors (Lipinski definition) is 0. The summed E-state index contributed by atoms with van der Waals surface area (Å²) in [6.07, 6.45) is 3.27. The molecule has 1 fully saturated rings. The van der Waals surface area contributed by atoms with Crippen LogP contribution in [0.3, 0.4) is 0 Å². The molecule has 0 nitrogen and oxygen atoms in total. The second-order valence-corrected chi connectivity index (χ2v) is 8.21. The van der Waals surface area contributed by atoms with Gasteiger partial charge in [0.25, 0.3) is 0 Å². The quantitative estimate of drug-likeness (QED) is 0.484. The Hall–Kier alpha value is -0.760. The van der Waals surface area contributed by atoms with Crippen LogP contribution in [-0.2, 0) is 0 Å². The summed E-state index contributed by atoms with van der Waals surface area (Å²) in [5.74, 6) is -15.2. The van der Waals surface area contributed by atoms with Crippen molar-refractivity contribution in [3.8, 4) is 0 Å². The van der Waals surface area contributed by atoms with Gasteiger partial charge in [-0.05, 0) is 10.8 Å².